The minimum absolute atomic E-state index is 0.0789. The number of rotatable bonds is 3. The number of benzene rings is 1. The predicted octanol–water partition coefficient (Wildman–Crippen LogP) is 1.94. The van der Waals surface area contributed by atoms with E-state index in [-0.39, 0.29) is 5.56 Å². The molecule has 0 fully saturated rings. The highest BCUT2D eigenvalue weighted by atomic mass is 16.5. The standard InChI is InChI=1S/C13H14N2O2/c1-3-15-13(16)9-8-12(14-15)10-4-6-11(17-2)7-5-10/h4-9H,3H2,1-2H3. The number of hydrogen-bond donors (Lipinski definition) is 0. The Morgan fingerprint density at radius 3 is 2.47 bits per heavy atom. The van der Waals surface area contributed by atoms with E-state index in [1.165, 1.54) is 10.7 Å². The van der Waals surface area contributed by atoms with Crippen LogP contribution in [0.5, 0.6) is 5.75 Å². The van der Waals surface area contributed by atoms with E-state index in [4.69, 9.17) is 4.74 Å². The van der Waals surface area contributed by atoms with Crippen molar-refractivity contribution in [2.24, 2.45) is 0 Å². The van der Waals surface area contributed by atoms with Crippen molar-refractivity contribution >= 4 is 0 Å². The van der Waals surface area contributed by atoms with Crippen LogP contribution in [0.1, 0.15) is 6.92 Å². The van der Waals surface area contributed by atoms with Crippen LogP contribution in [0.2, 0.25) is 0 Å². The molecule has 1 aromatic heterocycles. The second-order valence-electron chi connectivity index (χ2n) is 3.60. The Morgan fingerprint density at radius 2 is 1.88 bits per heavy atom. The highest BCUT2D eigenvalue weighted by Gasteiger charge is 2.02. The van der Waals surface area contributed by atoms with E-state index in [1.54, 1.807) is 13.2 Å². The second kappa shape index (κ2) is 4.82. The van der Waals surface area contributed by atoms with Gasteiger partial charge in [-0.05, 0) is 37.3 Å². The van der Waals surface area contributed by atoms with Gasteiger partial charge in [0.1, 0.15) is 5.75 Å². The van der Waals surface area contributed by atoms with Gasteiger partial charge < -0.3 is 4.74 Å². The Morgan fingerprint density at radius 1 is 1.18 bits per heavy atom. The van der Waals surface area contributed by atoms with Gasteiger partial charge in [0.15, 0.2) is 0 Å². The molecule has 0 amide bonds. The maximum Gasteiger partial charge on any atom is 0.266 e. The highest BCUT2D eigenvalue weighted by Crippen LogP contribution is 2.19. The lowest BCUT2D eigenvalue weighted by Crippen LogP contribution is -2.20. The lowest BCUT2D eigenvalue weighted by Gasteiger charge is -2.05. The zero-order valence-electron chi connectivity index (χ0n) is 9.88. The lowest BCUT2D eigenvalue weighted by atomic mass is 10.1. The van der Waals surface area contributed by atoms with Gasteiger partial charge in [-0.15, -0.1) is 0 Å². The second-order valence-corrected chi connectivity index (χ2v) is 3.60. The molecule has 2 aromatic rings. The summed E-state index contributed by atoms with van der Waals surface area (Å²) in [7, 11) is 1.63. The average Bonchev–Trinajstić information content (AvgIpc) is 2.39. The van der Waals surface area contributed by atoms with E-state index in [1.807, 2.05) is 31.2 Å². The summed E-state index contributed by atoms with van der Waals surface area (Å²) in [5, 5.41) is 4.28. The van der Waals surface area contributed by atoms with Crippen molar-refractivity contribution in [2.45, 2.75) is 13.5 Å². The SMILES string of the molecule is CCn1nc(-c2ccc(OC)cc2)ccc1=O. The zero-order chi connectivity index (χ0) is 12.3. The monoisotopic (exact) mass is 230 g/mol. The predicted molar refractivity (Wildman–Crippen MR) is 66.2 cm³/mol. The molecular weight excluding hydrogens is 216 g/mol. The molecule has 4 nitrogen and oxygen atoms in total. The van der Waals surface area contributed by atoms with Gasteiger partial charge in [-0.1, -0.05) is 0 Å². The third-order valence-corrected chi connectivity index (χ3v) is 2.55. The van der Waals surface area contributed by atoms with Gasteiger partial charge in [0.25, 0.3) is 5.56 Å². The fourth-order valence-corrected chi connectivity index (χ4v) is 1.59. The van der Waals surface area contributed by atoms with Crippen molar-refractivity contribution in [3.8, 4) is 17.0 Å². The summed E-state index contributed by atoms with van der Waals surface area (Å²) in [6, 6.07) is 10.9. The van der Waals surface area contributed by atoms with Gasteiger partial charge >= 0.3 is 0 Å². The largest absolute Gasteiger partial charge is 0.497 e. The van der Waals surface area contributed by atoms with Crippen LogP contribution in [0.3, 0.4) is 0 Å². The quantitative estimate of drug-likeness (QED) is 0.809. The normalized spacial score (nSPS) is 10.2. The number of aryl methyl sites for hydroxylation is 1. The molecule has 0 unspecified atom stereocenters. The van der Waals surface area contributed by atoms with Crippen LogP contribution in [0.4, 0.5) is 0 Å². The van der Waals surface area contributed by atoms with Gasteiger partial charge in [-0.25, -0.2) is 4.68 Å². The Labute approximate surface area is 99.5 Å². The smallest absolute Gasteiger partial charge is 0.266 e. The minimum atomic E-state index is -0.0789. The molecule has 0 N–H and O–H groups in total. The van der Waals surface area contributed by atoms with Crippen molar-refractivity contribution in [1.82, 2.24) is 9.78 Å². The summed E-state index contributed by atoms with van der Waals surface area (Å²) in [6.45, 7) is 2.47. The fourth-order valence-electron chi connectivity index (χ4n) is 1.59. The number of methoxy groups -OCH3 is 1. The molecule has 88 valence electrons. The Hall–Kier alpha value is -2.10. The average molecular weight is 230 g/mol. The molecule has 0 aliphatic carbocycles. The van der Waals surface area contributed by atoms with Gasteiger partial charge in [0, 0.05) is 18.2 Å². The molecule has 0 spiro atoms. The number of nitrogens with zero attached hydrogens (tertiary/aromatic N) is 2. The first-order valence-electron chi connectivity index (χ1n) is 5.47. The van der Waals surface area contributed by atoms with Crippen LogP contribution in [-0.4, -0.2) is 16.9 Å². The molecular formula is C13H14N2O2. The Balaban J connectivity index is 2.42. The maximum absolute atomic E-state index is 11.4. The van der Waals surface area contributed by atoms with Gasteiger partial charge in [-0.2, -0.15) is 5.10 Å². The molecule has 17 heavy (non-hydrogen) atoms. The number of hydrogen-bond acceptors (Lipinski definition) is 3. The topological polar surface area (TPSA) is 44.1 Å². The number of ether oxygens (including phenoxy) is 1. The van der Waals surface area contributed by atoms with E-state index in [2.05, 4.69) is 5.10 Å². The third kappa shape index (κ3) is 2.36. The Bertz CT molecular complexity index is 558. The molecule has 0 radical (unpaired) electrons. The molecule has 0 atom stereocenters. The zero-order valence-corrected chi connectivity index (χ0v) is 9.88. The van der Waals surface area contributed by atoms with Crippen molar-refractivity contribution in [3.63, 3.8) is 0 Å². The van der Waals surface area contributed by atoms with Gasteiger partial charge in [0.2, 0.25) is 0 Å². The molecule has 2 rings (SSSR count). The van der Waals surface area contributed by atoms with Crippen LogP contribution >= 0.6 is 0 Å². The van der Waals surface area contributed by atoms with Crippen LogP contribution in [-0.2, 0) is 6.54 Å². The van der Waals surface area contributed by atoms with E-state index >= 15 is 0 Å². The van der Waals surface area contributed by atoms with Crippen molar-refractivity contribution in [2.75, 3.05) is 7.11 Å². The first-order chi connectivity index (χ1) is 8.24. The van der Waals surface area contributed by atoms with Crippen LogP contribution in [0.15, 0.2) is 41.2 Å². The summed E-state index contributed by atoms with van der Waals surface area (Å²) in [5.74, 6) is 0.803. The van der Waals surface area contributed by atoms with Crippen LogP contribution in [0.25, 0.3) is 11.3 Å². The first-order valence-corrected chi connectivity index (χ1v) is 5.47. The summed E-state index contributed by atoms with van der Waals surface area (Å²) < 4.78 is 6.54. The summed E-state index contributed by atoms with van der Waals surface area (Å²) >= 11 is 0. The molecule has 0 saturated heterocycles. The molecule has 1 heterocycles. The summed E-state index contributed by atoms with van der Waals surface area (Å²) in [5.41, 5.74) is 1.67. The molecule has 0 bridgehead atoms. The maximum atomic E-state index is 11.4. The number of aromatic nitrogens is 2. The van der Waals surface area contributed by atoms with E-state index in [0.29, 0.717) is 6.54 Å². The van der Waals surface area contributed by atoms with Gasteiger partial charge in [-0.3, -0.25) is 4.79 Å². The van der Waals surface area contributed by atoms with Crippen LogP contribution < -0.4 is 10.3 Å². The van der Waals surface area contributed by atoms with Crippen molar-refractivity contribution in [1.29, 1.82) is 0 Å². The first kappa shape index (κ1) is 11.4. The molecule has 0 aliphatic rings. The fraction of sp³-hybridized carbons (Fsp3) is 0.231. The van der Waals surface area contributed by atoms with Crippen molar-refractivity contribution in [3.05, 3.63) is 46.8 Å². The molecule has 1 aromatic carbocycles. The highest BCUT2D eigenvalue weighted by molar-refractivity contribution is 5.59. The van der Waals surface area contributed by atoms with Gasteiger partial charge in [0.05, 0.1) is 12.8 Å². The lowest BCUT2D eigenvalue weighted by molar-refractivity contribution is 0.415. The van der Waals surface area contributed by atoms with E-state index in [9.17, 15) is 4.79 Å². The molecule has 0 saturated carbocycles. The summed E-state index contributed by atoms with van der Waals surface area (Å²) in [6.07, 6.45) is 0. The van der Waals surface area contributed by atoms with Crippen LogP contribution in [0, 0.1) is 0 Å². The Kier molecular flexibility index (Phi) is 3.23. The van der Waals surface area contributed by atoms with Crippen molar-refractivity contribution < 1.29 is 4.74 Å². The third-order valence-electron chi connectivity index (χ3n) is 2.55. The molecule has 4 heteroatoms. The van der Waals surface area contributed by atoms with E-state index in [0.717, 1.165) is 17.0 Å². The minimum Gasteiger partial charge on any atom is -0.497 e. The summed E-state index contributed by atoms with van der Waals surface area (Å²) in [4.78, 5) is 11.4. The molecule has 0 aliphatic heterocycles. The van der Waals surface area contributed by atoms with E-state index < -0.39 is 0 Å².